The van der Waals surface area contributed by atoms with Crippen LogP contribution in [0, 0.1) is 0 Å². The summed E-state index contributed by atoms with van der Waals surface area (Å²) >= 11 is 0. The van der Waals surface area contributed by atoms with Gasteiger partial charge >= 0.3 is 0 Å². The van der Waals surface area contributed by atoms with E-state index in [1.165, 1.54) is 0 Å². The normalized spacial score (nSPS) is 9.22. The van der Waals surface area contributed by atoms with E-state index in [-0.39, 0.29) is 12.5 Å². The van der Waals surface area contributed by atoms with Crippen LogP contribution in [0.1, 0.15) is 13.3 Å². The average molecular weight is 130 g/mol. The Morgan fingerprint density at radius 3 is 2.56 bits per heavy atom. The van der Waals surface area contributed by atoms with Crippen LogP contribution >= 0.6 is 0 Å². The van der Waals surface area contributed by atoms with Crippen molar-refractivity contribution in [2.75, 3.05) is 20.1 Å². The zero-order valence-electron chi connectivity index (χ0n) is 6.05. The summed E-state index contributed by atoms with van der Waals surface area (Å²) in [5.41, 5.74) is 5.11. The molecule has 0 saturated carbocycles. The van der Waals surface area contributed by atoms with Gasteiger partial charge in [-0.1, -0.05) is 6.92 Å². The third kappa shape index (κ3) is 3.08. The van der Waals surface area contributed by atoms with Crippen molar-refractivity contribution in [2.24, 2.45) is 5.73 Å². The smallest absolute Gasteiger partial charge is 0.236 e. The molecule has 0 aliphatic carbocycles. The van der Waals surface area contributed by atoms with Gasteiger partial charge in [0.1, 0.15) is 0 Å². The summed E-state index contributed by atoms with van der Waals surface area (Å²) in [6.07, 6.45) is 0.988. The molecule has 1 amide bonds. The predicted octanol–water partition coefficient (Wildman–Crippen LogP) is -0.186. The van der Waals surface area contributed by atoms with Crippen LogP contribution in [0.5, 0.6) is 0 Å². The monoisotopic (exact) mass is 130 g/mol. The highest BCUT2D eigenvalue weighted by Gasteiger charge is 2.02. The Balaban J connectivity index is 3.45. The van der Waals surface area contributed by atoms with E-state index in [0.717, 1.165) is 13.0 Å². The van der Waals surface area contributed by atoms with Crippen molar-refractivity contribution in [1.82, 2.24) is 4.90 Å². The molecule has 0 aromatic carbocycles. The average Bonchev–Trinajstić information content (AvgIpc) is 1.87. The highest BCUT2D eigenvalue weighted by atomic mass is 16.2. The Bertz CT molecular complexity index is 93.1. The lowest BCUT2D eigenvalue weighted by Gasteiger charge is -2.13. The van der Waals surface area contributed by atoms with E-state index in [0.29, 0.717) is 0 Å². The molecule has 54 valence electrons. The Hall–Kier alpha value is -0.570. The summed E-state index contributed by atoms with van der Waals surface area (Å²) in [6.45, 7) is 2.95. The molecular weight excluding hydrogens is 116 g/mol. The maximum absolute atomic E-state index is 10.7. The molecule has 3 nitrogen and oxygen atoms in total. The van der Waals surface area contributed by atoms with E-state index in [1.807, 2.05) is 6.92 Å². The SMILES string of the molecule is CCCN(C)C(=O)CN. The molecule has 0 rings (SSSR count). The van der Waals surface area contributed by atoms with Crippen molar-refractivity contribution in [1.29, 1.82) is 0 Å². The second-order valence-electron chi connectivity index (χ2n) is 2.02. The molecule has 0 fully saturated rings. The van der Waals surface area contributed by atoms with Crippen molar-refractivity contribution >= 4 is 5.91 Å². The molecular formula is C6H14N2O. The van der Waals surface area contributed by atoms with E-state index in [1.54, 1.807) is 11.9 Å². The molecule has 0 aromatic rings. The summed E-state index contributed by atoms with van der Waals surface area (Å²) < 4.78 is 0. The fourth-order valence-corrected chi connectivity index (χ4v) is 0.616. The maximum atomic E-state index is 10.7. The van der Waals surface area contributed by atoms with Gasteiger partial charge in [-0.05, 0) is 6.42 Å². The summed E-state index contributed by atoms with van der Waals surface area (Å²) in [6, 6.07) is 0. The Morgan fingerprint density at radius 2 is 2.22 bits per heavy atom. The maximum Gasteiger partial charge on any atom is 0.236 e. The molecule has 0 aliphatic heterocycles. The van der Waals surface area contributed by atoms with Crippen molar-refractivity contribution in [3.63, 3.8) is 0 Å². The van der Waals surface area contributed by atoms with Gasteiger partial charge in [0.15, 0.2) is 0 Å². The van der Waals surface area contributed by atoms with Crippen molar-refractivity contribution < 1.29 is 4.79 Å². The standard InChI is InChI=1S/C6H14N2O/c1-3-4-8(2)6(9)5-7/h3-5,7H2,1-2H3. The Morgan fingerprint density at radius 1 is 1.67 bits per heavy atom. The molecule has 0 unspecified atom stereocenters. The van der Waals surface area contributed by atoms with E-state index in [9.17, 15) is 4.79 Å². The second kappa shape index (κ2) is 4.32. The van der Waals surface area contributed by atoms with Crippen LogP contribution in [0.15, 0.2) is 0 Å². The number of likely N-dealkylation sites (N-methyl/N-ethyl adjacent to an activating group) is 1. The van der Waals surface area contributed by atoms with Gasteiger partial charge in [-0.15, -0.1) is 0 Å². The van der Waals surface area contributed by atoms with Gasteiger partial charge in [-0.3, -0.25) is 4.79 Å². The Labute approximate surface area is 55.8 Å². The van der Waals surface area contributed by atoms with Crippen LogP contribution in [0.25, 0.3) is 0 Å². The first kappa shape index (κ1) is 8.43. The molecule has 2 N–H and O–H groups in total. The zero-order valence-corrected chi connectivity index (χ0v) is 6.05. The fourth-order valence-electron chi connectivity index (χ4n) is 0.616. The van der Waals surface area contributed by atoms with E-state index >= 15 is 0 Å². The van der Waals surface area contributed by atoms with Crippen LogP contribution in [0.4, 0.5) is 0 Å². The van der Waals surface area contributed by atoms with Gasteiger partial charge in [-0.2, -0.15) is 0 Å². The lowest BCUT2D eigenvalue weighted by molar-refractivity contribution is -0.128. The van der Waals surface area contributed by atoms with E-state index in [2.05, 4.69) is 0 Å². The molecule has 0 heterocycles. The summed E-state index contributed by atoms with van der Waals surface area (Å²) in [5.74, 6) is 0.0110. The number of carbonyl (C=O) groups excluding carboxylic acids is 1. The van der Waals surface area contributed by atoms with Gasteiger partial charge in [0, 0.05) is 13.6 Å². The summed E-state index contributed by atoms with van der Waals surface area (Å²) in [7, 11) is 1.76. The minimum absolute atomic E-state index is 0.0110. The molecule has 0 aliphatic rings. The topological polar surface area (TPSA) is 46.3 Å². The largest absolute Gasteiger partial charge is 0.345 e. The van der Waals surface area contributed by atoms with Gasteiger partial charge in [0.05, 0.1) is 6.54 Å². The van der Waals surface area contributed by atoms with Crippen LogP contribution in [0.3, 0.4) is 0 Å². The zero-order chi connectivity index (χ0) is 7.28. The van der Waals surface area contributed by atoms with Crippen LogP contribution in [0.2, 0.25) is 0 Å². The van der Waals surface area contributed by atoms with Crippen LogP contribution < -0.4 is 5.73 Å². The lowest BCUT2D eigenvalue weighted by atomic mass is 10.4. The number of carbonyl (C=O) groups is 1. The van der Waals surface area contributed by atoms with Crippen LogP contribution in [-0.4, -0.2) is 30.9 Å². The number of nitrogens with zero attached hydrogens (tertiary/aromatic N) is 1. The first-order valence-corrected chi connectivity index (χ1v) is 3.16. The molecule has 0 bridgehead atoms. The number of nitrogens with two attached hydrogens (primary N) is 1. The summed E-state index contributed by atoms with van der Waals surface area (Å²) in [4.78, 5) is 12.3. The second-order valence-corrected chi connectivity index (χ2v) is 2.02. The fraction of sp³-hybridized carbons (Fsp3) is 0.833. The lowest BCUT2D eigenvalue weighted by Crippen LogP contribution is -2.32. The Kier molecular flexibility index (Phi) is 4.05. The number of hydrogen-bond acceptors (Lipinski definition) is 2. The van der Waals surface area contributed by atoms with Gasteiger partial charge < -0.3 is 10.6 Å². The number of rotatable bonds is 3. The summed E-state index contributed by atoms with van der Waals surface area (Å²) in [5, 5.41) is 0. The third-order valence-electron chi connectivity index (χ3n) is 1.16. The number of hydrogen-bond donors (Lipinski definition) is 1. The number of amides is 1. The predicted molar refractivity (Wildman–Crippen MR) is 37.0 cm³/mol. The van der Waals surface area contributed by atoms with Crippen LogP contribution in [-0.2, 0) is 4.79 Å². The first-order chi connectivity index (χ1) is 4.22. The highest BCUT2D eigenvalue weighted by Crippen LogP contribution is 1.84. The van der Waals surface area contributed by atoms with E-state index < -0.39 is 0 Å². The minimum Gasteiger partial charge on any atom is -0.345 e. The van der Waals surface area contributed by atoms with Gasteiger partial charge in [-0.25, -0.2) is 0 Å². The molecule has 0 radical (unpaired) electrons. The first-order valence-electron chi connectivity index (χ1n) is 3.16. The van der Waals surface area contributed by atoms with Crippen molar-refractivity contribution in [3.05, 3.63) is 0 Å². The molecule has 3 heteroatoms. The van der Waals surface area contributed by atoms with Gasteiger partial charge in [0.2, 0.25) is 5.91 Å². The highest BCUT2D eigenvalue weighted by molar-refractivity contribution is 5.77. The molecule has 0 saturated heterocycles. The van der Waals surface area contributed by atoms with E-state index in [4.69, 9.17) is 5.73 Å². The van der Waals surface area contributed by atoms with Crippen molar-refractivity contribution in [2.45, 2.75) is 13.3 Å². The molecule has 9 heavy (non-hydrogen) atoms. The minimum atomic E-state index is 0.0110. The van der Waals surface area contributed by atoms with Gasteiger partial charge in [0.25, 0.3) is 0 Å². The third-order valence-corrected chi connectivity index (χ3v) is 1.16. The van der Waals surface area contributed by atoms with Crippen molar-refractivity contribution in [3.8, 4) is 0 Å². The molecule has 0 atom stereocenters. The molecule has 0 aromatic heterocycles. The molecule has 0 spiro atoms. The quantitative estimate of drug-likeness (QED) is 0.575.